The number of nitrogens with one attached hydrogen (secondary N) is 1. The fourth-order valence-corrected chi connectivity index (χ4v) is 3.50. The lowest BCUT2D eigenvalue weighted by atomic mass is 9.86. The van der Waals surface area contributed by atoms with Crippen molar-refractivity contribution in [3.63, 3.8) is 0 Å². The zero-order valence-electron chi connectivity index (χ0n) is 18.2. The van der Waals surface area contributed by atoms with E-state index in [0.717, 1.165) is 11.1 Å². The summed E-state index contributed by atoms with van der Waals surface area (Å²) in [6.45, 7) is 8.42. The standard InChI is InChI=1S/C27H25NO3/c1-17-6-5-7-19(14-17)26(30)28-21-12-13-24-22(15-21)23(29)16-25(31-24)18-8-10-20(11-9-18)27(2,3)4/h5-16H,1-4H3,(H,28,30). The van der Waals surface area contributed by atoms with Gasteiger partial charge in [0.15, 0.2) is 5.43 Å². The highest BCUT2D eigenvalue weighted by atomic mass is 16.3. The largest absolute Gasteiger partial charge is 0.456 e. The van der Waals surface area contributed by atoms with Crippen LogP contribution in [0.25, 0.3) is 22.3 Å². The number of hydrogen-bond donors (Lipinski definition) is 1. The van der Waals surface area contributed by atoms with Gasteiger partial charge in [0.25, 0.3) is 5.91 Å². The van der Waals surface area contributed by atoms with Crippen LogP contribution in [0.5, 0.6) is 0 Å². The highest BCUT2D eigenvalue weighted by molar-refractivity contribution is 6.05. The van der Waals surface area contributed by atoms with Gasteiger partial charge in [-0.25, -0.2) is 0 Å². The van der Waals surface area contributed by atoms with Crippen molar-refractivity contribution in [3.05, 3.63) is 99.7 Å². The van der Waals surface area contributed by atoms with Crippen LogP contribution in [0.15, 0.2) is 82.0 Å². The van der Waals surface area contributed by atoms with Crippen molar-refractivity contribution in [1.29, 1.82) is 0 Å². The van der Waals surface area contributed by atoms with Gasteiger partial charge in [0, 0.05) is 22.9 Å². The van der Waals surface area contributed by atoms with Crippen molar-refractivity contribution >= 4 is 22.6 Å². The zero-order chi connectivity index (χ0) is 22.2. The second kappa shape index (κ2) is 7.88. The Labute approximate surface area is 181 Å². The number of carbonyl (C=O) groups excluding carboxylic acids is 1. The Morgan fingerprint density at radius 1 is 0.903 bits per heavy atom. The maximum Gasteiger partial charge on any atom is 0.255 e. The van der Waals surface area contributed by atoms with Crippen molar-refractivity contribution in [3.8, 4) is 11.3 Å². The molecule has 0 saturated heterocycles. The lowest BCUT2D eigenvalue weighted by Crippen LogP contribution is -2.12. The van der Waals surface area contributed by atoms with Gasteiger partial charge in [-0.05, 0) is 48.2 Å². The summed E-state index contributed by atoms with van der Waals surface area (Å²) in [4.78, 5) is 25.3. The van der Waals surface area contributed by atoms with Gasteiger partial charge in [0.05, 0.1) is 5.39 Å². The second-order valence-corrected chi connectivity index (χ2v) is 8.84. The Kier molecular flexibility index (Phi) is 5.24. The minimum absolute atomic E-state index is 0.0576. The molecule has 1 heterocycles. The van der Waals surface area contributed by atoms with Gasteiger partial charge < -0.3 is 9.73 Å². The molecule has 1 aromatic heterocycles. The summed E-state index contributed by atoms with van der Waals surface area (Å²) < 4.78 is 6.00. The maximum absolute atomic E-state index is 12.8. The molecule has 0 saturated carbocycles. The molecule has 4 nitrogen and oxygen atoms in total. The van der Waals surface area contributed by atoms with Gasteiger partial charge in [-0.3, -0.25) is 9.59 Å². The number of rotatable bonds is 3. The highest BCUT2D eigenvalue weighted by Crippen LogP contribution is 2.28. The monoisotopic (exact) mass is 411 g/mol. The lowest BCUT2D eigenvalue weighted by molar-refractivity contribution is 0.102. The first-order chi connectivity index (χ1) is 14.7. The van der Waals surface area contributed by atoms with Crippen molar-refractivity contribution < 1.29 is 9.21 Å². The van der Waals surface area contributed by atoms with Crippen LogP contribution in [-0.4, -0.2) is 5.91 Å². The molecule has 0 radical (unpaired) electrons. The lowest BCUT2D eigenvalue weighted by Gasteiger charge is -2.19. The van der Waals surface area contributed by atoms with E-state index in [2.05, 4.69) is 38.2 Å². The summed E-state index contributed by atoms with van der Waals surface area (Å²) in [5, 5.41) is 3.28. The summed E-state index contributed by atoms with van der Waals surface area (Å²) in [6.07, 6.45) is 0. The summed E-state index contributed by atoms with van der Waals surface area (Å²) in [5.41, 5.74) is 4.59. The fourth-order valence-electron chi connectivity index (χ4n) is 3.50. The zero-order valence-corrected chi connectivity index (χ0v) is 18.2. The minimum Gasteiger partial charge on any atom is -0.456 e. The van der Waals surface area contributed by atoms with E-state index in [0.29, 0.717) is 28.0 Å². The molecule has 0 fully saturated rings. The molecule has 0 unspecified atom stereocenters. The average molecular weight is 412 g/mol. The predicted octanol–water partition coefficient (Wildman–Crippen LogP) is 6.32. The molecule has 31 heavy (non-hydrogen) atoms. The summed E-state index contributed by atoms with van der Waals surface area (Å²) in [6, 6.07) is 22.0. The van der Waals surface area contributed by atoms with Crippen molar-refractivity contribution in [2.75, 3.05) is 5.32 Å². The molecule has 0 aliphatic rings. The van der Waals surface area contributed by atoms with Crippen molar-refractivity contribution in [2.24, 2.45) is 0 Å². The van der Waals surface area contributed by atoms with Crippen LogP contribution in [0.4, 0.5) is 5.69 Å². The van der Waals surface area contributed by atoms with E-state index in [-0.39, 0.29) is 16.8 Å². The van der Waals surface area contributed by atoms with Gasteiger partial charge in [-0.2, -0.15) is 0 Å². The Morgan fingerprint density at radius 3 is 2.32 bits per heavy atom. The van der Waals surface area contributed by atoms with Crippen LogP contribution in [0.3, 0.4) is 0 Å². The highest BCUT2D eigenvalue weighted by Gasteiger charge is 2.14. The number of carbonyl (C=O) groups is 1. The maximum atomic E-state index is 12.8. The number of amides is 1. The predicted molar refractivity (Wildman–Crippen MR) is 126 cm³/mol. The normalized spacial score (nSPS) is 11.5. The molecule has 3 aromatic carbocycles. The van der Waals surface area contributed by atoms with E-state index in [1.54, 1.807) is 24.3 Å². The Morgan fingerprint density at radius 2 is 1.65 bits per heavy atom. The van der Waals surface area contributed by atoms with Crippen LogP contribution in [0, 0.1) is 6.92 Å². The van der Waals surface area contributed by atoms with E-state index in [1.807, 2.05) is 37.3 Å². The number of hydrogen-bond acceptors (Lipinski definition) is 3. The third kappa shape index (κ3) is 4.43. The Hall–Kier alpha value is -3.66. The van der Waals surface area contributed by atoms with Crippen LogP contribution < -0.4 is 10.7 Å². The van der Waals surface area contributed by atoms with E-state index in [1.165, 1.54) is 11.6 Å². The van der Waals surface area contributed by atoms with Gasteiger partial charge in [0.2, 0.25) is 0 Å². The first kappa shape index (κ1) is 20.6. The van der Waals surface area contributed by atoms with Crippen LogP contribution >= 0.6 is 0 Å². The van der Waals surface area contributed by atoms with Crippen LogP contribution in [0.1, 0.15) is 42.3 Å². The average Bonchev–Trinajstić information content (AvgIpc) is 2.73. The number of fused-ring (bicyclic) bond motifs is 1. The molecule has 0 aliphatic heterocycles. The first-order valence-corrected chi connectivity index (χ1v) is 10.3. The molecule has 4 heteroatoms. The quantitative estimate of drug-likeness (QED) is 0.429. The van der Waals surface area contributed by atoms with Gasteiger partial charge in [0.1, 0.15) is 11.3 Å². The number of benzene rings is 3. The third-order valence-corrected chi connectivity index (χ3v) is 5.30. The molecule has 1 amide bonds. The van der Waals surface area contributed by atoms with Gasteiger partial charge in [-0.1, -0.05) is 62.7 Å². The molecular weight excluding hydrogens is 386 g/mol. The van der Waals surface area contributed by atoms with Gasteiger partial charge >= 0.3 is 0 Å². The summed E-state index contributed by atoms with van der Waals surface area (Å²) >= 11 is 0. The Bertz CT molecular complexity index is 1330. The van der Waals surface area contributed by atoms with Crippen molar-refractivity contribution in [1.82, 2.24) is 0 Å². The second-order valence-electron chi connectivity index (χ2n) is 8.84. The van der Waals surface area contributed by atoms with Crippen molar-refractivity contribution in [2.45, 2.75) is 33.1 Å². The molecule has 0 aliphatic carbocycles. The van der Waals surface area contributed by atoms with Crippen LogP contribution in [-0.2, 0) is 5.41 Å². The molecular formula is C27H25NO3. The fraction of sp³-hybridized carbons (Fsp3) is 0.185. The summed E-state index contributed by atoms with van der Waals surface area (Å²) in [5.74, 6) is 0.303. The Balaban J connectivity index is 1.64. The van der Waals surface area contributed by atoms with E-state index >= 15 is 0 Å². The number of anilines is 1. The molecule has 4 aromatic rings. The van der Waals surface area contributed by atoms with Crippen LogP contribution in [0.2, 0.25) is 0 Å². The smallest absolute Gasteiger partial charge is 0.255 e. The van der Waals surface area contributed by atoms with Gasteiger partial charge in [-0.15, -0.1) is 0 Å². The van der Waals surface area contributed by atoms with E-state index in [4.69, 9.17) is 4.42 Å². The molecule has 4 rings (SSSR count). The van der Waals surface area contributed by atoms with E-state index in [9.17, 15) is 9.59 Å². The summed E-state index contributed by atoms with van der Waals surface area (Å²) in [7, 11) is 0. The third-order valence-electron chi connectivity index (χ3n) is 5.30. The minimum atomic E-state index is -0.219. The van der Waals surface area contributed by atoms with E-state index < -0.39 is 0 Å². The number of aryl methyl sites for hydroxylation is 1. The molecule has 0 spiro atoms. The first-order valence-electron chi connectivity index (χ1n) is 10.3. The molecule has 0 atom stereocenters. The molecule has 0 bridgehead atoms. The topological polar surface area (TPSA) is 59.3 Å². The molecule has 156 valence electrons. The SMILES string of the molecule is Cc1cccc(C(=O)Nc2ccc3oc(-c4ccc(C(C)(C)C)cc4)cc(=O)c3c2)c1. The molecule has 1 N–H and O–H groups in total.